The Labute approximate surface area is 174 Å². The lowest BCUT2D eigenvalue weighted by Gasteiger charge is -2.31. The van der Waals surface area contributed by atoms with E-state index in [0.29, 0.717) is 15.9 Å². The number of methoxy groups -OCH3 is 2. The molecule has 28 heavy (non-hydrogen) atoms. The fourth-order valence-electron chi connectivity index (χ4n) is 2.78. The Bertz CT molecular complexity index is 726. The second-order valence-electron chi connectivity index (χ2n) is 6.55. The minimum atomic E-state index is -0.615. The Balaban J connectivity index is 1.99. The second kappa shape index (κ2) is 10.4. The van der Waals surface area contributed by atoms with E-state index in [1.165, 1.54) is 44.2 Å². The molecule has 1 N–H and O–H groups in total. The lowest BCUT2D eigenvalue weighted by Crippen LogP contribution is -2.36. The molecule has 2 rings (SSSR count). The zero-order valence-corrected chi connectivity index (χ0v) is 17.8. The van der Waals surface area contributed by atoms with Gasteiger partial charge in [-0.3, -0.25) is 4.79 Å². The van der Waals surface area contributed by atoms with Gasteiger partial charge in [-0.2, -0.15) is 0 Å². The van der Waals surface area contributed by atoms with E-state index in [2.05, 4.69) is 26.6 Å². The Hall–Kier alpha value is -2.13. The van der Waals surface area contributed by atoms with E-state index in [1.807, 2.05) is 0 Å². The number of esters is 2. The lowest BCUT2D eigenvalue weighted by molar-refractivity contribution is -0.113. The van der Waals surface area contributed by atoms with Gasteiger partial charge in [0.2, 0.25) is 5.91 Å². The molecule has 9 heteroatoms. The van der Waals surface area contributed by atoms with E-state index in [1.54, 1.807) is 0 Å². The van der Waals surface area contributed by atoms with Gasteiger partial charge in [-0.15, -0.1) is 0 Å². The smallest absolute Gasteiger partial charge is 0.337 e. The second-order valence-corrected chi connectivity index (χ2v) is 8.16. The molecule has 7 nitrogen and oxygen atoms in total. The Morgan fingerprint density at radius 1 is 1.11 bits per heavy atom. The molecule has 1 aliphatic heterocycles. The highest BCUT2D eigenvalue weighted by Gasteiger charge is 2.19. The molecule has 1 aliphatic rings. The number of hydrogen-bond donors (Lipinski definition) is 1. The number of likely N-dealkylation sites (tertiary alicyclic amines) is 1. The molecule has 0 atom stereocenters. The van der Waals surface area contributed by atoms with Crippen LogP contribution in [0.5, 0.6) is 0 Å². The van der Waals surface area contributed by atoms with Gasteiger partial charge >= 0.3 is 11.9 Å². The van der Waals surface area contributed by atoms with Gasteiger partial charge in [0.05, 0.1) is 31.1 Å². The van der Waals surface area contributed by atoms with Crippen LogP contribution in [0.1, 0.15) is 40.5 Å². The summed E-state index contributed by atoms with van der Waals surface area (Å²) in [4.78, 5) is 38.1. The maximum absolute atomic E-state index is 12.3. The highest BCUT2D eigenvalue weighted by atomic mass is 32.2. The first-order valence-electron chi connectivity index (χ1n) is 8.87. The van der Waals surface area contributed by atoms with Crippen LogP contribution < -0.4 is 5.32 Å². The number of ether oxygens (including phenoxy) is 2. The van der Waals surface area contributed by atoms with Crippen LogP contribution in [-0.4, -0.2) is 60.1 Å². The molecule has 0 radical (unpaired) electrons. The standard InChI is InChI=1S/C19H24N2O5S2/c1-12-4-6-21(7-5-12)19(27)28-11-16(22)20-15-9-13(17(23)25-2)8-14(10-15)18(24)26-3/h8-10,12H,4-7,11H2,1-3H3,(H,20,22). The summed E-state index contributed by atoms with van der Waals surface area (Å²) in [6.07, 6.45) is 2.20. The maximum atomic E-state index is 12.3. The van der Waals surface area contributed by atoms with E-state index in [-0.39, 0.29) is 22.8 Å². The van der Waals surface area contributed by atoms with Crippen molar-refractivity contribution in [3.63, 3.8) is 0 Å². The molecular weight excluding hydrogens is 400 g/mol. The normalized spacial score (nSPS) is 14.3. The third-order valence-electron chi connectivity index (χ3n) is 4.43. The molecule has 0 aliphatic carbocycles. The van der Waals surface area contributed by atoms with Gasteiger partial charge in [0.15, 0.2) is 0 Å². The summed E-state index contributed by atoms with van der Waals surface area (Å²) in [5.41, 5.74) is 0.601. The van der Waals surface area contributed by atoms with Crippen molar-refractivity contribution in [2.45, 2.75) is 19.8 Å². The Morgan fingerprint density at radius 3 is 2.14 bits per heavy atom. The fraction of sp³-hybridized carbons (Fsp3) is 0.474. The predicted octanol–water partition coefficient (Wildman–Crippen LogP) is 2.95. The average Bonchev–Trinajstić information content (AvgIpc) is 2.70. The molecule has 1 heterocycles. The largest absolute Gasteiger partial charge is 0.465 e. The van der Waals surface area contributed by atoms with Gasteiger partial charge in [-0.25, -0.2) is 9.59 Å². The van der Waals surface area contributed by atoms with Crippen LogP contribution in [0, 0.1) is 5.92 Å². The van der Waals surface area contributed by atoms with Crippen molar-refractivity contribution in [3.05, 3.63) is 29.3 Å². The molecule has 0 bridgehead atoms. The van der Waals surface area contributed by atoms with E-state index in [4.69, 9.17) is 12.2 Å². The molecule has 152 valence electrons. The summed E-state index contributed by atoms with van der Waals surface area (Å²) in [5.74, 6) is -0.665. The van der Waals surface area contributed by atoms with Gasteiger partial charge in [-0.1, -0.05) is 30.9 Å². The molecule has 1 aromatic rings. The van der Waals surface area contributed by atoms with Crippen LogP contribution >= 0.6 is 24.0 Å². The quantitative estimate of drug-likeness (QED) is 0.570. The average molecular weight is 425 g/mol. The molecule has 1 saturated heterocycles. The first-order valence-corrected chi connectivity index (χ1v) is 10.3. The minimum Gasteiger partial charge on any atom is -0.465 e. The van der Waals surface area contributed by atoms with Gasteiger partial charge < -0.3 is 19.7 Å². The number of benzene rings is 1. The number of piperidine rings is 1. The number of nitrogens with one attached hydrogen (secondary N) is 1. The van der Waals surface area contributed by atoms with Gasteiger partial charge in [0.25, 0.3) is 0 Å². The molecule has 0 saturated carbocycles. The topological polar surface area (TPSA) is 84.9 Å². The summed E-state index contributed by atoms with van der Waals surface area (Å²) in [7, 11) is 2.48. The van der Waals surface area contributed by atoms with Crippen molar-refractivity contribution in [2.24, 2.45) is 5.92 Å². The van der Waals surface area contributed by atoms with E-state index >= 15 is 0 Å². The predicted molar refractivity (Wildman–Crippen MR) is 113 cm³/mol. The Kier molecular flexibility index (Phi) is 8.25. The number of thiocarbonyl (C=S) groups is 1. The highest BCUT2D eigenvalue weighted by Crippen LogP contribution is 2.21. The van der Waals surface area contributed by atoms with Crippen molar-refractivity contribution in [3.8, 4) is 0 Å². The highest BCUT2D eigenvalue weighted by molar-refractivity contribution is 8.23. The van der Waals surface area contributed by atoms with Crippen LogP contribution in [0.4, 0.5) is 5.69 Å². The van der Waals surface area contributed by atoms with Crippen LogP contribution in [0.3, 0.4) is 0 Å². The summed E-state index contributed by atoms with van der Waals surface area (Å²) in [6, 6.07) is 4.25. The number of amides is 1. The zero-order valence-electron chi connectivity index (χ0n) is 16.1. The van der Waals surface area contributed by atoms with Crippen molar-refractivity contribution in [1.82, 2.24) is 4.90 Å². The molecule has 1 amide bonds. The minimum absolute atomic E-state index is 0.140. The van der Waals surface area contributed by atoms with Crippen molar-refractivity contribution in [2.75, 3.05) is 38.4 Å². The third-order valence-corrected chi connectivity index (χ3v) is 5.95. The van der Waals surface area contributed by atoms with E-state index in [9.17, 15) is 14.4 Å². The summed E-state index contributed by atoms with van der Waals surface area (Å²) in [6.45, 7) is 4.06. The molecule has 1 aromatic carbocycles. The van der Waals surface area contributed by atoms with E-state index in [0.717, 1.165) is 25.9 Å². The number of nitrogens with zero attached hydrogens (tertiary/aromatic N) is 1. The number of anilines is 1. The van der Waals surface area contributed by atoms with Crippen LogP contribution in [0.25, 0.3) is 0 Å². The number of hydrogen-bond acceptors (Lipinski definition) is 7. The van der Waals surface area contributed by atoms with Gasteiger partial charge in [-0.05, 0) is 37.0 Å². The third kappa shape index (κ3) is 6.20. The molecule has 0 spiro atoms. The number of rotatable bonds is 5. The first-order chi connectivity index (χ1) is 13.3. The number of carbonyl (C=O) groups is 3. The summed E-state index contributed by atoms with van der Waals surface area (Å²) < 4.78 is 10.1. The van der Waals surface area contributed by atoms with Gasteiger partial charge in [0.1, 0.15) is 4.32 Å². The molecule has 0 unspecified atom stereocenters. The number of thioether (sulfide) groups is 1. The SMILES string of the molecule is COC(=O)c1cc(NC(=O)CSC(=S)N2CCC(C)CC2)cc(C(=O)OC)c1. The molecule has 0 aromatic heterocycles. The monoisotopic (exact) mass is 424 g/mol. The van der Waals surface area contributed by atoms with Crippen molar-refractivity contribution >= 4 is 51.8 Å². The molecular formula is C19H24N2O5S2. The van der Waals surface area contributed by atoms with Crippen LogP contribution in [0.15, 0.2) is 18.2 Å². The van der Waals surface area contributed by atoms with Crippen LogP contribution in [-0.2, 0) is 14.3 Å². The maximum Gasteiger partial charge on any atom is 0.337 e. The first kappa shape index (κ1) is 22.2. The van der Waals surface area contributed by atoms with Crippen molar-refractivity contribution in [1.29, 1.82) is 0 Å². The fourth-order valence-corrected chi connectivity index (χ4v) is 3.83. The van der Waals surface area contributed by atoms with Crippen molar-refractivity contribution < 1.29 is 23.9 Å². The van der Waals surface area contributed by atoms with Gasteiger partial charge in [0, 0.05) is 18.8 Å². The summed E-state index contributed by atoms with van der Waals surface area (Å²) >= 11 is 6.73. The molecule has 1 fully saturated rings. The zero-order chi connectivity index (χ0) is 20.7. The van der Waals surface area contributed by atoms with Crippen LogP contribution in [0.2, 0.25) is 0 Å². The lowest BCUT2D eigenvalue weighted by atomic mass is 10.00. The Morgan fingerprint density at radius 2 is 1.64 bits per heavy atom. The summed E-state index contributed by atoms with van der Waals surface area (Å²) in [5, 5.41) is 2.69. The van der Waals surface area contributed by atoms with E-state index < -0.39 is 11.9 Å². The number of carbonyl (C=O) groups excluding carboxylic acids is 3.